The number of rotatable bonds is 3. The van der Waals surface area contributed by atoms with Gasteiger partial charge >= 0.3 is 0 Å². The van der Waals surface area contributed by atoms with E-state index in [0.29, 0.717) is 22.0 Å². The molecule has 7 heteroatoms. The van der Waals surface area contributed by atoms with E-state index in [2.05, 4.69) is 21.2 Å². The SMILES string of the molecule is O=C(Cc1ccc(F)c(Br)c1)NC1CCS(=O)(=O)c2ccccc21. The molecule has 0 aliphatic carbocycles. The van der Waals surface area contributed by atoms with E-state index in [1.807, 2.05) is 0 Å². The molecule has 1 amide bonds. The van der Waals surface area contributed by atoms with E-state index in [-0.39, 0.29) is 34.8 Å². The molecule has 0 fully saturated rings. The molecule has 24 heavy (non-hydrogen) atoms. The van der Waals surface area contributed by atoms with Gasteiger partial charge in [-0.05, 0) is 51.7 Å². The summed E-state index contributed by atoms with van der Waals surface area (Å²) in [7, 11) is -3.28. The molecule has 0 spiro atoms. The Labute approximate surface area is 148 Å². The van der Waals surface area contributed by atoms with Crippen LogP contribution in [0.1, 0.15) is 23.6 Å². The van der Waals surface area contributed by atoms with Crippen molar-refractivity contribution in [3.8, 4) is 0 Å². The van der Waals surface area contributed by atoms with E-state index in [0.717, 1.165) is 0 Å². The predicted molar refractivity (Wildman–Crippen MR) is 91.8 cm³/mol. The van der Waals surface area contributed by atoms with Crippen LogP contribution in [-0.4, -0.2) is 20.1 Å². The number of carbonyl (C=O) groups is 1. The van der Waals surface area contributed by atoms with Crippen LogP contribution in [0.3, 0.4) is 0 Å². The second-order valence-electron chi connectivity index (χ2n) is 5.69. The summed E-state index contributed by atoms with van der Waals surface area (Å²) in [5.74, 6) is -0.602. The Morgan fingerprint density at radius 3 is 2.75 bits per heavy atom. The van der Waals surface area contributed by atoms with Crippen molar-refractivity contribution in [3.05, 3.63) is 63.9 Å². The molecule has 4 nitrogen and oxygen atoms in total. The minimum atomic E-state index is -3.28. The number of amides is 1. The third-order valence-electron chi connectivity index (χ3n) is 3.99. The van der Waals surface area contributed by atoms with Gasteiger partial charge < -0.3 is 5.32 Å². The van der Waals surface area contributed by atoms with Gasteiger partial charge in [-0.2, -0.15) is 0 Å². The van der Waals surface area contributed by atoms with Crippen molar-refractivity contribution >= 4 is 31.7 Å². The van der Waals surface area contributed by atoms with Crippen molar-refractivity contribution in [3.63, 3.8) is 0 Å². The molecule has 126 valence electrons. The molecule has 1 atom stereocenters. The Morgan fingerprint density at radius 2 is 2.00 bits per heavy atom. The fraction of sp³-hybridized carbons (Fsp3) is 0.235. The van der Waals surface area contributed by atoms with Crippen LogP contribution in [0, 0.1) is 5.82 Å². The highest BCUT2D eigenvalue weighted by molar-refractivity contribution is 9.10. The van der Waals surface area contributed by atoms with Crippen molar-refractivity contribution in [2.45, 2.75) is 23.8 Å². The number of fused-ring (bicyclic) bond motifs is 1. The average Bonchev–Trinajstić information content (AvgIpc) is 2.54. The number of carbonyl (C=O) groups excluding carboxylic acids is 1. The Balaban J connectivity index is 1.76. The fourth-order valence-corrected chi connectivity index (χ4v) is 4.87. The summed E-state index contributed by atoms with van der Waals surface area (Å²) in [5.41, 5.74) is 1.30. The average molecular weight is 412 g/mol. The molecule has 1 aliphatic heterocycles. The van der Waals surface area contributed by atoms with E-state index in [1.165, 1.54) is 6.07 Å². The van der Waals surface area contributed by atoms with Crippen LogP contribution in [0.4, 0.5) is 4.39 Å². The highest BCUT2D eigenvalue weighted by atomic mass is 79.9. The topological polar surface area (TPSA) is 63.2 Å². The maximum atomic E-state index is 13.2. The summed E-state index contributed by atoms with van der Waals surface area (Å²) in [4.78, 5) is 12.6. The summed E-state index contributed by atoms with van der Waals surface area (Å²) < 4.78 is 37.8. The highest BCUT2D eigenvalue weighted by Gasteiger charge is 2.30. The zero-order valence-electron chi connectivity index (χ0n) is 12.6. The maximum absolute atomic E-state index is 13.2. The van der Waals surface area contributed by atoms with Crippen molar-refractivity contribution in [1.82, 2.24) is 5.32 Å². The first kappa shape index (κ1) is 17.1. The first-order valence-corrected chi connectivity index (χ1v) is 9.86. The number of hydrogen-bond acceptors (Lipinski definition) is 3. The van der Waals surface area contributed by atoms with Gasteiger partial charge in [-0.15, -0.1) is 0 Å². The van der Waals surface area contributed by atoms with Crippen LogP contribution in [-0.2, 0) is 21.1 Å². The van der Waals surface area contributed by atoms with Crippen LogP contribution in [0.25, 0.3) is 0 Å². The summed E-state index contributed by atoms with van der Waals surface area (Å²) in [6.07, 6.45) is 0.447. The molecule has 0 aromatic heterocycles. The molecule has 0 saturated carbocycles. The first-order chi connectivity index (χ1) is 11.4. The lowest BCUT2D eigenvalue weighted by atomic mass is 10.0. The van der Waals surface area contributed by atoms with Gasteiger partial charge in [-0.1, -0.05) is 24.3 Å². The van der Waals surface area contributed by atoms with Crippen molar-refractivity contribution in [2.24, 2.45) is 0 Å². The summed E-state index contributed by atoms with van der Waals surface area (Å²) in [5, 5.41) is 2.88. The molecule has 1 N–H and O–H groups in total. The molecule has 1 heterocycles. The van der Waals surface area contributed by atoms with E-state index in [4.69, 9.17) is 0 Å². The van der Waals surface area contributed by atoms with Gasteiger partial charge in [-0.25, -0.2) is 12.8 Å². The minimum Gasteiger partial charge on any atom is -0.349 e. The Morgan fingerprint density at radius 1 is 1.25 bits per heavy atom. The second kappa shape index (κ2) is 6.64. The Bertz CT molecular complexity index is 898. The van der Waals surface area contributed by atoms with Crippen molar-refractivity contribution in [1.29, 1.82) is 0 Å². The van der Waals surface area contributed by atoms with E-state index in [1.54, 1.807) is 36.4 Å². The van der Waals surface area contributed by atoms with Gasteiger partial charge in [0.15, 0.2) is 9.84 Å². The zero-order chi connectivity index (χ0) is 17.3. The van der Waals surface area contributed by atoms with Gasteiger partial charge in [-0.3, -0.25) is 4.79 Å². The van der Waals surface area contributed by atoms with Gasteiger partial charge in [0.2, 0.25) is 5.91 Å². The van der Waals surface area contributed by atoms with E-state index < -0.39 is 9.84 Å². The molecule has 2 aromatic carbocycles. The smallest absolute Gasteiger partial charge is 0.224 e. The van der Waals surface area contributed by atoms with Gasteiger partial charge in [0, 0.05) is 0 Å². The van der Waals surface area contributed by atoms with Crippen LogP contribution in [0.15, 0.2) is 51.8 Å². The lowest BCUT2D eigenvalue weighted by Gasteiger charge is -2.26. The molecule has 0 radical (unpaired) electrons. The lowest BCUT2D eigenvalue weighted by Crippen LogP contribution is -2.34. The molecule has 0 saturated heterocycles. The maximum Gasteiger partial charge on any atom is 0.224 e. The van der Waals surface area contributed by atoms with Crippen molar-refractivity contribution in [2.75, 3.05) is 5.75 Å². The molecule has 0 bridgehead atoms. The van der Waals surface area contributed by atoms with Crippen molar-refractivity contribution < 1.29 is 17.6 Å². The minimum absolute atomic E-state index is 0.0110. The van der Waals surface area contributed by atoms with Crippen LogP contribution < -0.4 is 5.32 Å². The molecule has 1 aliphatic rings. The summed E-state index contributed by atoms with van der Waals surface area (Å²) in [6.45, 7) is 0. The van der Waals surface area contributed by atoms with Crippen LogP contribution in [0.2, 0.25) is 0 Å². The summed E-state index contributed by atoms with van der Waals surface area (Å²) in [6, 6.07) is 10.8. The third kappa shape index (κ3) is 3.52. The van der Waals surface area contributed by atoms with Gasteiger partial charge in [0.05, 0.1) is 27.6 Å². The monoisotopic (exact) mass is 411 g/mol. The van der Waals surface area contributed by atoms with Crippen LogP contribution in [0.5, 0.6) is 0 Å². The zero-order valence-corrected chi connectivity index (χ0v) is 15.0. The van der Waals surface area contributed by atoms with E-state index >= 15 is 0 Å². The van der Waals surface area contributed by atoms with Gasteiger partial charge in [0.25, 0.3) is 0 Å². The van der Waals surface area contributed by atoms with Crippen LogP contribution >= 0.6 is 15.9 Å². The Hall–Kier alpha value is -1.73. The van der Waals surface area contributed by atoms with Gasteiger partial charge in [0.1, 0.15) is 5.82 Å². The third-order valence-corrected chi connectivity index (χ3v) is 6.41. The molecule has 3 rings (SSSR count). The lowest BCUT2D eigenvalue weighted by molar-refractivity contribution is -0.121. The largest absolute Gasteiger partial charge is 0.349 e. The fourth-order valence-electron chi connectivity index (χ4n) is 2.82. The molecule has 1 unspecified atom stereocenters. The number of nitrogens with one attached hydrogen (secondary N) is 1. The quantitative estimate of drug-likeness (QED) is 0.843. The Kier molecular flexibility index (Phi) is 4.73. The first-order valence-electron chi connectivity index (χ1n) is 7.42. The number of halogens is 2. The predicted octanol–water partition coefficient (Wildman–Crippen LogP) is 3.17. The number of hydrogen-bond donors (Lipinski definition) is 1. The standard InChI is InChI=1S/C17H15BrFNO3S/c18-13-9-11(5-6-14(13)19)10-17(21)20-15-7-8-24(22,23)16-4-2-1-3-12(15)16/h1-6,9,15H,7-8,10H2,(H,20,21). The molecular weight excluding hydrogens is 397 g/mol. The normalized spacial score (nSPS) is 18.7. The number of sulfone groups is 1. The molecular formula is C17H15BrFNO3S. The molecule has 2 aromatic rings. The van der Waals surface area contributed by atoms with E-state index in [9.17, 15) is 17.6 Å². The summed E-state index contributed by atoms with van der Waals surface area (Å²) >= 11 is 3.09. The number of benzene rings is 2. The highest BCUT2D eigenvalue weighted by Crippen LogP contribution is 2.31. The second-order valence-corrected chi connectivity index (χ2v) is 8.62.